The Kier molecular flexibility index (Phi) is 6.04. The van der Waals surface area contributed by atoms with Gasteiger partial charge >= 0.3 is 0 Å². The van der Waals surface area contributed by atoms with Crippen LogP contribution in [-0.2, 0) is 0 Å². The molecular formula is C14H19Cl2N. The van der Waals surface area contributed by atoms with Gasteiger partial charge in [0, 0.05) is 21.7 Å². The van der Waals surface area contributed by atoms with E-state index in [4.69, 9.17) is 23.2 Å². The first-order chi connectivity index (χ1) is 8.06. The van der Waals surface area contributed by atoms with Crippen molar-refractivity contribution >= 4 is 23.2 Å². The third-order valence-corrected chi connectivity index (χ3v) is 3.20. The van der Waals surface area contributed by atoms with Crippen molar-refractivity contribution in [2.24, 2.45) is 0 Å². The Morgan fingerprint density at radius 1 is 1.35 bits per heavy atom. The van der Waals surface area contributed by atoms with Gasteiger partial charge in [0.15, 0.2) is 0 Å². The Morgan fingerprint density at radius 3 is 2.41 bits per heavy atom. The van der Waals surface area contributed by atoms with Gasteiger partial charge in [0.25, 0.3) is 0 Å². The first kappa shape index (κ1) is 14.6. The standard InChI is InChI=1S/C14H19Cl2N/c1-4-8-17-13(9-10(2)3)14-11(15)6-5-7-12(14)16/h5-7,13,17H,2,4,8-9H2,1,3H3. The van der Waals surface area contributed by atoms with Gasteiger partial charge in [-0.05, 0) is 38.4 Å². The van der Waals surface area contributed by atoms with Crippen molar-refractivity contribution in [1.29, 1.82) is 0 Å². The minimum Gasteiger partial charge on any atom is -0.310 e. The Labute approximate surface area is 114 Å². The topological polar surface area (TPSA) is 12.0 Å². The maximum atomic E-state index is 6.23. The van der Waals surface area contributed by atoms with Crippen LogP contribution in [0.4, 0.5) is 0 Å². The van der Waals surface area contributed by atoms with Gasteiger partial charge < -0.3 is 5.32 Å². The first-order valence-electron chi connectivity index (χ1n) is 5.88. The van der Waals surface area contributed by atoms with Crippen LogP contribution in [0.1, 0.15) is 38.3 Å². The SMILES string of the molecule is C=C(C)CC(NCCC)c1c(Cl)cccc1Cl. The lowest BCUT2D eigenvalue weighted by Gasteiger charge is -2.21. The zero-order valence-corrected chi connectivity index (χ0v) is 11.9. The largest absolute Gasteiger partial charge is 0.310 e. The van der Waals surface area contributed by atoms with Gasteiger partial charge in [0.2, 0.25) is 0 Å². The van der Waals surface area contributed by atoms with E-state index < -0.39 is 0 Å². The summed E-state index contributed by atoms with van der Waals surface area (Å²) >= 11 is 12.5. The Morgan fingerprint density at radius 2 is 1.94 bits per heavy atom. The summed E-state index contributed by atoms with van der Waals surface area (Å²) in [5.74, 6) is 0. The summed E-state index contributed by atoms with van der Waals surface area (Å²) in [4.78, 5) is 0. The van der Waals surface area contributed by atoms with E-state index in [0.717, 1.165) is 30.5 Å². The number of rotatable bonds is 6. The number of benzene rings is 1. The molecule has 3 heteroatoms. The number of nitrogens with one attached hydrogen (secondary N) is 1. The van der Waals surface area contributed by atoms with Crippen LogP contribution >= 0.6 is 23.2 Å². The van der Waals surface area contributed by atoms with Crippen molar-refractivity contribution < 1.29 is 0 Å². The van der Waals surface area contributed by atoms with Gasteiger partial charge in [-0.1, -0.05) is 41.8 Å². The zero-order valence-electron chi connectivity index (χ0n) is 10.4. The summed E-state index contributed by atoms with van der Waals surface area (Å²) in [7, 11) is 0. The van der Waals surface area contributed by atoms with Gasteiger partial charge in [0.1, 0.15) is 0 Å². The molecule has 0 spiro atoms. The van der Waals surface area contributed by atoms with Crippen LogP contribution in [0.2, 0.25) is 10.0 Å². The second-order valence-electron chi connectivity index (χ2n) is 4.30. The molecule has 1 rings (SSSR count). The molecular weight excluding hydrogens is 253 g/mol. The molecule has 1 nitrogen and oxygen atoms in total. The lowest BCUT2D eigenvalue weighted by atomic mass is 10.00. The lowest BCUT2D eigenvalue weighted by molar-refractivity contribution is 0.528. The monoisotopic (exact) mass is 271 g/mol. The molecule has 0 fully saturated rings. The van der Waals surface area contributed by atoms with Crippen LogP contribution in [0.25, 0.3) is 0 Å². The van der Waals surface area contributed by atoms with E-state index in [1.165, 1.54) is 0 Å². The van der Waals surface area contributed by atoms with E-state index in [1.54, 1.807) is 0 Å². The minimum absolute atomic E-state index is 0.147. The molecule has 0 radical (unpaired) electrons. The third kappa shape index (κ3) is 4.34. The Hall–Kier alpha value is -0.500. The quantitative estimate of drug-likeness (QED) is 0.718. The average molecular weight is 272 g/mol. The second-order valence-corrected chi connectivity index (χ2v) is 5.12. The summed E-state index contributed by atoms with van der Waals surface area (Å²) in [5, 5.41) is 4.90. The number of halogens is 2. The van der Waals surface area contributed by atoms with E-state index in [1.807, 2.05) is 25.1 Å². The van der Waals surface area contributed by atoms with Crippen LogP contribution in [0.3, 0.4) is 0 Å². The third-order valence-electron chi connectivity index (χ3n) is 2.54. The maximum absolute atomic E-state index is 6.23. The summed E-state index contributed by atoms with van der Waals surface area (Å²) < 4.78 is 0. The van der Waals surface area contributed by atoms with Gasteiger partial charge in [-0.2, -0.15) is 0 Å². The fourth-order valence-electron chi connectivity index (χ4n) is 1.79. The maximum Gasteiger partial charge on any atom is 0.0468 e. The van der Waals surface area contributed by atoms with Crippen molar-refractivity contribution in [3.8, 4) is 0 Å². The Bertz CT molecular complexity index is 368. The summed E-state index contributed by atoms with van der Waals surface area (Å²) in [6, 6.07) is 5.77. The average Bonchev–Trinajstić information content (AvgIpc) is 2.24. The van der Waals surface area contributed by atoms with Crippen LogP contribution in [-0.4, -0.2) is 6.54 Å². The summed E-state index contributed by atoms with van der Waals surface area (Å²) in [6.07, 6.45) is 1.93. The fraction of sp³-hybridized carbons (Fsp3) is 0.429. The molecule has 0 aliphatic rings. The molecule has 0 aliphatic carbocycles. The molecule has 1 atom stereocenters. The second kappa shape index (κ2) is 7.05. The highest BCUT2D eigenvalue weighted by molar-refractivity contribution is 6.36. The molecule has 1 unspecified atom stereocenters. The zero-order chi connectivity index (χ0) is 12.8. The van der Waals surface area contributed by atoms with Crippen molar-refractivity contribution in [1.82, 2.24) is 5.32 Å². The van der Waals surface area contributed by atoms with E-state index in [0.29, 0.717) is 10.0 Å². The molecule has 1 aromatic carbocycles. The number of hydrogen-bond donors (Lipinski definition) is 1. The van der Waals surface area contributed by atoms with E-state index in [2.05, 4.69) is 18.8 Å². The van der Waals surface area contributed by atoms with Crippen LogP contribution in [0.15, 0.2) is 30.4 Å². The van der Waals surface area contributed by atoms with Gasteiger partial charge in [-0.15, -0.1) is 6.58 Å². The van der Waals surface area contributed by atoms with E-state index in [9.17, 15) is 0 Å². The van der Waals surface area contributed by atoms with Gasteiger partial charge in [-0.25, -0.2) is 0 Å². The normalized spacial score (nSPS) is 12.5. The molecule has 0 amide bonds. The van der Waals surface area contributed by atoms with Gasteiger partial charge in [0.05, 0.1) is 0 Å². The van der Waals surface area contributed by atoms with Crippen LogP contribution < -0.4 is 5.32 Å². The molecule has 94 valence electrons. The molecule has 0 aliphatic heterocycles. The molecule has 17 heavy (non-hydrogen) atoms. The first-order valence-corrected chi connectivity index (χ1v) is 6.63. The molecule has 0 bridgehead atoms. The van der Waals surface area contributed by atoms with Crippen molar-refractivity contribution in [3.63, 3.8) is 0 Å². The summed E-state index contributed by atoms with van der Waals surface area (Å²) in [6.45, 7) is 9.06. The number of hydrogen-bond acceptors (Lipinski definition) is 1. The Balaban J connectivity index is 2.98. The van der Waals surface area contributed by atoms with Crippen molar-refractivity contribution in [2.75, 3.05) is 6.54 Å². The minimum atomic E-state index is 0.147. The predicted molar refractivity (Wildman–Crippen MR) is 76.9 cm³/mol. The molecule has 0 aromatic heterocycles. The van der Waals surface area contributed by atoms with Crippen molar-refractivity contribution in [2.45, 2.75) is 32.7 Å². The highest BCUT2D eigenvalue weighted by Crippen LogP contribution is 2.33. The van der Waals surface area contributed by atoms with Crippen molar-refractivity contribution in [3.05, 3.63) is 46.0 Å². The highest BCUT2D eigenvalue weighted by atomic mass is 35.5. The van der Waals surface area contributed by atoms with E-state index >= 15 is 0 Å². The van der Waals surface area contributed by atoms with Crippen LogP contribution in [0.5, 0.6) is 0 Å². The highest BCUT2D eigenvalue weighted by Gasteiger charge is 2.17. The predicted octanol–water partition coefficient (Wildman–Crippen LogP) is 5.00. The fourth-order valence-corrected chi connectivity index (χ4v) is 2.45. The molecule has 1 aromatic rings. The summed E-state index contributed by atoms with van der Waals surface area (Å²) in [5.41, 5.74) is 2.10. The molecule has 1 N–H and O–H groups in total. The molecule has 0 heterocycles. The van der Waals surface area contributed by atoms with E-state index in [-0.39, 0.29) is 6.04 Å². The smallest absolute Gasteiger partial charge is 0.0468 e. The molecule has 0 saturated carbocycles. The molecule has 0 saturated heterocycles. The van der Waals surface area contributed by atoms with Gasteiger partial charge in [-0.3, -0.25) is 0 Å². The lowest BCUT2D eigenvalue weighted by Crippen LogP contribution is -2.23. The van der Waals surface area contributed by atoms with Crippen LogP contribution in [0, 0.1) is 0 Å².